The van der Waals surface area contributed by atoms with Gasteiger partial charge in [0, 0.05) is 6.20 Å². The molecule has 2 aromatic rings. The first-order chi connectivity index (χ1) is 7.75. The summed E-state index contributed by atoms with van der Waals surface area (Å²) in [5, 5.41) is 0. The average molecular weight is 213 g/mol. The quantitative estimate of drug-likeness (QED) is 0.768. The van der Waals surface area contributed by atoms with Gasteiger partial charge in [-0.25, -0.2) is 0 Å². The Balaban J connectivity index is 2.11. The third-order valence-corrected chi connectivity index (χ3v) is 2.42. The maximum Gasteiger partial charge on any atom is 0.145 e. The summed E-state index contributed by atoms with van der Waals surface area (Å²) >= 11 is 0. The molecule has 2 rings (SSSR count). The minimum Gasteiger partial charge on any atom is -0.456 e. The number of aromatic nitrogens is 1. The number of benzene rings is 1. The molecule has 0 bridgehead atoms. The molecule has 0 aliphatic carbocycles. The Morgan fingerprint density at radius 2 is 1.75 bits per heavy atom. The van der Waals surface area contributed by atoms with Crippen molar-refractivity contribution >= 4 is 0 Å². The standard InChI is InChI=1S/C14H15NO/c1-11(2)12-5-7-13(8-6-12)16-14-4-3-9-15-10-14/h3-11H,1-2H3. The molecule has 0 spiro atoms. The van der Waals surface area contributed by atoms with Crippen molar-refractivity contribution in [2.75, 3.05) is 0 Å². The monoisotopic (exact) mass is 213 g/mol. The van der Waals surface area contributed by atoms with Gasteiger partial charge in [-0.3, -0.25) is 4.98 Å². The number of hydrogen-bond donors (Lipinski definition) is 0. The van der Waals surface area contributed by atoms with Crippen LogP contribution in [0.3, 0.4) is 0 Å². The van der Waals surface area contributed by atoms with Crippen LogP contribution < -0.4 is 4.74 Å². The maximum absolute atomic E-state index is 5.65. The zero-order chi connectivity index (χ0) is 11.4. The highest BCUT2D eigenvalue weighted by molar-refractivity contribution is 5.32. The van der Waals surface area contributed by atoms with Crippen molar-refractivity contribution in [2.24, 2.45) is 0 Å². The highest BCUT2D eigenvalue weighted by Gasteiger charge is 2.00. The molecule has 0 amide bonds. The van der Waals surface area contributed by atoms with Gasteiger partial charge in [0.15, 0.2) is 0 Å². The van der Waals surface area contributed by atoms with Crippen LogP contribution in [0, 0.1) is 0 Å². The van der Waals surface area contributed by atoms with Crippen LogP contribution in [-0.4, -0.2) is 4.98 Å². The molecule has 0 atom stereocenters. The highest BCUT2D eigenvalue weighted by atomic mass is 16.5. The summed E-state index contributed by atoms with van der Waals surface area (Å²) < 4.78 is 5.65. The Morgan fingerprint density at radius 1 is 1.00 bits per heavy atom. The van der Waals surface area contributed by atoms with Gasteiger partial charge in [-0.05, 0) is 35.7 Å². The van der Waals surface area contributed by atoms with Crippen molar-refractivity contribution in [1.29, 1.82) is 0 Å². The molecule has 1 heterocycles. The SMILES string of the molecule is CC(C)c1ccc(Oc2cccnc2)cc1. The van der Waals surface area contributed by atoms with E-state index in [1.807, 2.05) is 24.3 Å². The second-order valence-corrected chi connectivity index (χ2v) is 4.01. The number of ether oxygens (including phenoxy) is 1. The van der Waals surface area contributed by atoms with Crippen LogP contribution in [0.4, 0.5) is 0 Å². The van der Waals surface area contributed by atoms with E-state index in [-0.39, 0.29) is 0 Å². The lowest BCUT2D eigenvalue weighted by molar-refractivity contribution is 0.480. The minimum absolute atomic E-state index is 0.549. The molecule has 1 aromatic carbocycles. The van der Waals surface area contributed by atoms with Crippen molar-refractivity contribution < 1.29 is 4.74 Å². The van der Waals surface area contributed by atoms with Crippen LogP contribution in [-0.2, 0) is 0 Å². The predicted molar refractivity (Wildman–Crippen MR) is 64.8 cm³/mol. The Kier molecular flexibility index (Phi) is 3.20. The molecule has 16 heavy (non-hydrogen) atoms. The van der Waals surface area contributed by atoms with Crippen LogP contribution >= 0.6 is 0 Å². The van der Waals surface area contributed by atoms with E-state index in [0.717, 1.165) is 11.5 Å². The zero-order valence-electron chi connectivity index (χ0n) is 9.55. The Morgan fingerprint density at radius 3 is 2.31 bits per heavy atom. The lowest BCUT2D eigenvalue weighted by Gasteiger charge is -2.08. The van der Waals surface area contributed by atoms with Crippen LogP contribution in [0.15, 0.2) is 48.8 Å². The summed E-state index contributed by atoms with van der Waals surface area (Å²) in [5.41, 5.74) is 1.32. The lowest BCUT2D eigenvalue weighted by Crippen LogP contribution is -1.88. The second-order valence-electron chi connectivity index (χ2n) is 4.01. The Bertz CT molecular complexity index is 434. The molecule has 0 N–H and O–H groups in total. The molecule has 1 aromatic heterocycles. The fourth-order valence-corrected chi connectivity index (χ4v) is 1.46. The molecular weight excluding hydrogens is 198 g/mol. The van der Waals surface area contributed by atoms with E-state index in [4.69, 9.17) is 4.74 Å². The van der Waals surface area contributed by atoms with E-state index in [9.17, 15) is 0 Å². The van der Waals surface area contributed by atoms with Crippen molar-refractivity contribution in [2.45, 2.75) is 19.8 Å². The van der Waals surface area contributed by atoms with Crippen LogP contribution in [0.5, 0.6) is 11.5 Å². The lowest BCUT2D eigenvalue weighted by atomic mass is 10.0. The highest BCUT2D eigenvalue weighted by Crippen LogP contribution is 2.22. The van der Waals surface area contributed by atoms with Crippen LogP contribution in [0.25, 0.3) is 0 Å². The van der Waals surface area contributed by atoms with Gasteiger partial charge in [-0.1, -0.05) is 26.0 Å². The van der Waals surface area contributed by atoms with E-state index in [2.05, 4.69) is 31.0 Å². The van der Waals surface area contributed by atoms with Crippen molar-refractivity contribution in [3.05, 3.63) is 54.4 Å². The zero-order valence-corrected chi connectivity index (χ0v) is 9.55. The largest absolute Gasteiger partial charge is 0.456 e. The molecule has 0 saturated carbocycles. The minimum atomic E-state index is 0.549. The third-order valence-electron chi connectivity index (χ3n) is 2.42. The number of nitrogens with zero attached hydrogens (tertiary/aromatic N) is 1. The topological polar surface area (TPSA) is 22.1 Å². The molecule has 0 saturated heterocycles. The van der Waals surface area contributed by atoms with E-state index in [1.165, 1.54) is 5.56 Å². The van der Waals surface area contributed by atoms with Crippen LogP contribution in [0.2, 0.25) is 0 Å². The number of hydrogen-bond acceptors (Lipinski definition) is 2. The fraction of sp³-hybridized carbons (Fsp3) is 0.214. The summed E-state index contributed by atoms with van der Waals surface area (Å²) in [4.78, 5) is 4.00. The van der Waals surface area contributed by atoms with Gasteiger partial charge in [0.05, 0.1) is 6.20 Å². The summed E-state index contributed by atoms with van der Waals surface area (Å²) in [7, 11) is 0. The first-order valence-corrected chi connectivity index (χ1v) is 5.43. The fourth-order valence-electron chi connectivity index (χ4n) is 1.46. The number of rotatable bonds is 3. The van der Waals surface area contributed by atoms with Crippen molar-refractivity contribution in [3.63, 3.8) is 0 Å². The first kappa shape index (κ1) is 10.7. The summed E-state index contributed by atoms with van der Waals surface area (Å²) in [6, 6.07) is 11.9. The third kappa shape index (κ3) is 2.60. The van der Waals surface area contributed by atoms with Gasteiger partial charge < -0.3 is 4.74 Å². The van der Waals surface area contributed by atoms with E-state index in [1.54, 1.807) is 12.4 Å². The molecule has 0 aliphatic rings. The van der Waals surface area contributed by atoms with E-state index >= 15 is 0 Å². The molecule has 0 fully saturated rings. The molecular formula is C14H15NO. The van der Waals surface area contributed by atoms with Gasteiger partial charge in [0.25, 0.3) is 0 Å². The molecule has 82 valence electrons. The van der Waals surface area contributed by atoms with Crippen molar-refractivity contribution in [3.8, 4) is 11.5 Å². The molecule has 2 nitrogen and oxygen atoms in total. The first-order valence-electron chi connectivity index (χ1n) is 5.43. The van der Waals surface area contributed by atoms with Gasteiger partial charge in [0.2, 0.25) is 0 Å². The Labute approximate surface area is 95.9 Å². The van der Waals surface area contributed by atoms with E-state index in [0.29, 0.717) is 5.92 Å². The molecule has 0 aliphatic heterocycles. The summed E-state index contributed by atoms with van der Waals surface area (Å²) in [6.45, 7) is 4.36. The predicted octanol–water partition coefficient (Wildman–Crippen LogP) is 4.00. The van der Waals surface area contributed by atoms with Gasteiger partial charge in [-0.15, -0.1) is 0 Å². The average Bonchev–Trinajstić information content (AvgIpc) is 2.31. The molecule has 0 radical (unpaired) electrons. The van der Waals surface area contributed by atoms with Crippen molar-refractivity contribution in [1.82, 2.24) is 4.98 Å². The van der Waals surface area contributed by atoms with Crippen LogP contribution in [0.1, 0.15) is 25.3 Å². The summed E-state index contributed by atoms with van der Waals surface area (Å²) in [5.74, 6) is 2.16. The molecule has 2 heteroatoms. The van der Waals surface area contributed by atoms with Gasteiger partial charge in [0.1, 0.15) is 11.5 Å². The smallest absolute Gasteiger partial charge is 0.145 e. The van der Waals surface area contributed by atoms with Gasteiger partial charge in [-0.2, -0.15) is 0 Å². The van der Waals surface area contributed by atoms with Gasteiger partial charge >= 0.3 is 0 Å². The normalized spacial score (nSPS) is 10.4. The summed E-state index contributed by atoms with van der Waals surface area (Å²) in [6.07, 6.45) is 3.44. The Hall–Kier alpha value is -1.83. The number of pyridine rings is 1. The van der Waals surface area contributed by atoms with E-state index < -0.39 is 0 Å². The molecule has 0 unspecified atom stereocenters. The second kappa shape index (κ2) is 4.79. The maximum atomic E-state index is 5.65.